The Labute approximate surface area is 173 Å². The molecule has 7 nitrogen and oxygen atoms in total. The lowest BCUT2D eigenvalue weighted by Crippen LogP contribution is -2.37. The number of rotatable bonds is 6. The van der Waals surface area contributed by atoms with Crippen LogP contribution in [0.3, 0.4) is 0 Å². The highest BCUT2D eigenvalue weighted by molar-refractivity contribution is 5.97. The lowest BCUT2D eigenvalue weighted by Gasteiger charge is -2.17. The van der Waals surface area contributed by atoms with Gasteiger partial charge >= 0.3 is 0 Å². The number of anilines is 2. The van der Waals surface area contributed by atoms with E-state index >= 15 is 0 Å². The third-order valence-electron chi connectivity index (χ3n) is 5.06. The van der Waals surface area contributed by atoms with Gasteiger partial charge in [-0.15, -0.1) is 0 Å². The third-order valence-corrected chi connectivity index (χ3v) is 5.06. The topological polar surface area (TPSA) is 87.2 Å². The van der Waals surface area contributed by atoms with Crippen LogP contribution in [0.5, 0.6) is 0 Å². The van der Waals surface area contributed by atoms with Crippen LogP contribution >= 0.6 is 0 Å². The van der Waals surface area contributed by atoms with Gasteiger partial charge < -0.3 is 15.5 Å². The lowest BCUT2D eigenvalue weighted by atomic mass is 10.1. The Balaban J connectivity index is 1.30. The summed E-state index contributed by atoms with van der Waals surface area (Å²) in [6.07, 6.45) is 1.97. The van der Waals surface area contributed by atoms with Crippen molar-refractivity contribution in [1.29, 1.82) is 0 Å². The molecule has 0 radical (unpaired) electrons. The standard InChI is InChI=1S/C22H22FN5O2/c1-14-2-7-19-18(10-14)22(26-13-25-19)24-9-8-20(29)27-16-11-21(30)28(12-16)17-5-3-15(23)4-6-17/h2-7,10,13,16H,8-9,11-12H2,1H3,(H,27,29)(H,24,25,26). The number of benzene rings is 2. The minimum Gasteiger partial charge on any atom is -0.369 e. The van der Waals surface area contributed by atoms with E-state index in [0.717, 1.165) is 16.5 Å². The highest BCUT2D eigenvalue weighted by atomic mass is 19.1. The Morgan fingerprint density at radius 2 is 2.00 bits per heavy atom. The average Bonchev–Trinajstić information content (AvgIpc) is 3.08. The molecule has 2 N–H and O–H groups in total. The highest BCUT2D eigenvalue weighted by Gasteiger charge is 2.31. The van der Waals surface area contributed by atoms with Crippen molar-refractivity contribution in [3.63, 3.8) is 0 Å². The maximum absolute atomic E-state index is 13.1. The van der Waals surface area contributed by atoms with Gasteiger partial charge in [0, 0.05) is 37.0 Å². The fourth-order valence-electron chi connectivity index (χ4n) is 3.58. The lowest BCUT2D eigenvalue weighted by molar-refractivity contribution is -0.121. The smallest absolute Gasteiger partial charge is 0.229 e. The van der Waals surface area contributed by atoms with Crippen LogP contribution in [0.1, 0.15) is 18.4 Å². The Morgan fingerprint density at radius 1 is 1.20 bits per heavy atom. The number of aromatic nitrogens is 2. The van der Waals surface area contributed by atoms with E-state index in [-0.39, 0.29) is 36.5 Å². The van der Waals surface area contributed by atoms with E-state index in [0.29, 0.717) is 24.6 Å². The van der Waals surface area contributed by atoms with Crippen molar-refractivity contribution in [3.8, 4) is 0 Å². The number of halogens is 1. The maximum atomic E-state index is 13.1. The van der Waals surface area contributed by atoms with E-state index in [1.165, 1.54) is 18.5 Å². The molecule has 1 fully saturated rings. The van der Waals surface area contributed by atoms with Gasteiger partial charge in [-0.2, -0.15) is 0 Å². The summed E-state index contributed by atoms with van der Waals surface area (Å²) in [5.74, 6) is 0.105. The van der Waals surface area contributed by atoms with Crippen molar-refractivity contribution in [2.75, 3.05) is 23.3 Å². The van der Waals surface area contributed by atoms with Gasteiger partial charge in [0.2, 0.25) is 11.8 Å². The molecule has 3 aromatic rings. The van der Waals surface area contributed by atoms with Gasteiger partial charge in [-0.3, -0.25) is 9.59 Å². The maximum Gasteiger partial charge on any atom is 0.229 e. The molecule has 0 aliphatic carbocycles. The molecule has 154 valence electrons. The van der Waals surface area contributed by atoms with Gasteiger partial charge in [0.05, 0.1) is 11.6 Å². The van der Waals surface area contributed by atoms with Gasteiger partial charge in [0.15, 0.2) is 0 Å². The number of carbonyl (C=O) groups excluding carboxylic acids is 2. The first-order chi connectivity index (χ1) is 14.5. The summed E-state index contributed by atoms with van der Waals surface area (Å²) < 4.78 is 13.1. The quantitative estimate of drug-likeness (QED) is 0.656. The molecule has 8 heteroatoms. The first-order valence-electron chi connectivity index (χ1n) is 9.80. The van der Waals surface area contributed by atoms with Crippen LogP contribution in [-0.2, 0) is 9.59 Å². The number of nitrogens with zero attached hydrogens (tertiary/aromatic N) is 3. The zero-order valence-corrected chi connectivity index (χ0v) is 16.6. The molecule has 1 unspecified atom stereocenters. The first kappa shape index (κ1) is 19.8. The van der Waals surface area contributed by atoms with Gasteiger partial charge in [-0.25, -0.2) is 14.4 Å². The summed E-state index contributed by atoms with van der Waals surface area (Å²) in [6.45, 7) is 2.79. The molecule has 1 aliphatic heterocycles. The summed E-state index contributed by atoms with van der Waals surface area (Å²) >= 11 is 0. The van der Waals surface area contributed by atoms with Crippen molar-refractivity contribution in [2.24, 2.45) is 0 Å². The number of carbonyl (C=O) groups is 2. The Hall–Kier alpha value is -3.55. The number of amides is 2. The first-order valence-corrected chi connectivity index (χ1v) is 9.80. The molecule has 2 heterocycles. The van der Waals surface area contributed by atoms with Gasteiger partial charge in [0.1, 0.15) is 18.0 Å². The molecule has 2 amide bonds. The minimum absolute atomic E-state index is 0.0899. The van der Waals surface area contributed by atoms with E-state index in [9.17, 15) is 14.0 Å². The Kier molecular flexibility index (Phi) is 5.56. The van der Waals surface area contributed by atoms with Gasteiger partial charge in [0.25, 0.3) is 0 Å². The largest absolute Gasteiger partial charge is 0.369 e. The van der Waals surface area contributed by atoms with Crippen molar-refractivity contribution >= 4 is 34.2 Å². The molecule has 0 spiro atoms. The monoisotopic (exact) mass is 407 g/mol. The van der Waals surface area contributed by atoms with Crippen LogP contribution in [0.25, 0.3) is 10.9 Å². The minimum atomic E-state index is -0.352. The molecule has 0 bridgehead atoms. The zero-order chi connectivity index (χ0) is 21.1. The van der Waals surface area contributed by atoms with Crippen LogP contribution in [0, 0.1) is 12.7 Å². The number of hydrogen-bond acceptors (Lipinski definition) is 5. The Morgan fingerprint density at radius 3 is 2.80 bits per heavy atom. The SMILES string of the molecule is Cc1ccc2ncnc(NCCC(=O)NC3CC(=O)N(c4ccc(F)cc4)C3)c2c1. The molecule has 30 heavy (non-hydrogen) atoms. The van der Waals surface area contributed by atoms with Crippen LogP contribution in [0.15, 0.2) is 48.8 Å². The molecule has 4 rings (SSSR count). The molecule has 1 aliphatic rings. The number of hydrogen-bond donors (Lipinski definition) is 2. The van der Waals surface area contributed by atoms with Crippen molar-refractivity contribution in [2.45, 2.75) is 25.8 Å². The highest BCUT2D eigenvalue weighted by Crippen LogP contribution is 2.22. The van der Waals surface area contributed by atoms with Crippen molar-refractivity contribution in [1.82, 2.24) is 15.3 Å². The number of fused-ring (bicyclic) bond motifs is 1. The van der Waals surface area contributed by atoms with E-state index in [2.05, 4.69) is 20.6 Å². The molecular formula is C22H22FN5O2. The van der Waals surface area contributed by atoms with E-state index in [4.69, 9.17) is 0 Å². The number of nitrogens with one attached hydrogen (secondary N) is 2. The second-order valence-corrected chi connectivity index (χ2v) is 7.37. The summed E-state index contributed by atoms with van der Waals surface area (Å²) in [6, 6.07) is 11.4. The van der Waals surface area contributed by atoms with Gasteiger partial charge in [-0.05, 0) is 43.3 Å². The van der Waals surface area contributed by atoms with Crippen LogP contribution in [-0.4, -0.2) is 40.9 Å². The summed E-state index contributed by atoms with van der Waals surface area (Å²) in [5, 5.41) is 7.01. The fraction of sp³-hybridized carbons (Fsp3) is 0.273. The predicted octanol–water partition coefficient (Wildman–Crippen LogP) is 2.80. The summed E-state index contributed by atoms with van der Waals surface area (Å²) in [7, 11) is 0. The summed E-state index contributed by atoms with van der Waals surface area (Å²) in [5.41, 5.74) is 2.58. The molecule has 0 saturated carbocycles. The third kappa shape index (κ3) is 4.37. The zero-order valence-electron chi connectivity index (χ0n) is 16.6. The second kappa shape index (κ2) is 8.44. The van der Waals surface area contributed by atoms with Crippen molar-refractivity contribution in [3.05, 3.63) is 60.2 Å². The molecule has 1 atom stereocenters. The van der Waals surface area contributed by atoms with Gasteiger partial charge in [-0.1, -0.05) is 11.6 Å². The fourth-order valence-corrected chi connectivity index (χ4v) is 3.58. The molecule has 1 aromatic heterocycles. The molecule has 2 aromatic carbocycles. The van der Waals surface area contributed by atoms with Crippen LogP contribution in [0.2, 0.25) is 0 Å². The average molecular weight is 407 g/mol. The predicted molar refractivity (Wildman–Crippen MR) is 113 cm³/mol. The molecular weight excluding hydrogens is 385 g/mol. The van der Waals surface area contributed by atoms with Crippen LogP contribution in [0.4, 0.5) is 15.9 Å². The van der Waals surface area contributed by atoms with E-state index < -0.39 is 0 Å². The van der Waals surface area contributed by atoms with E-state index in [1.807, 2.05) is 25.1 Å². The van der Waals surface area contributed by atoms with Crippen LogP contribution < -0.4 is 15.5 Å². The summed E-state index contributed by atoms with van der Waals surface area (Å²) in [4.78, 5) is 34.7. The van der Waals surface area contributed by atoms with E-state index in [1.54, 1.807) is 17.0 Å². The number of aryl methyl sites for hydroxylation is 1. The Bertz CT molecular complexity index is 1090. The second-order valence-electron chi connectivity index (χ2n) is 7.37. The van der Waals surface area contributed by atoms with Crippen molar-refractivity contribution < 1.29 is 14.0 Å². The molecule has 1 saturated heterocycles. The normalized spacial score (nSPS) is 16.1.